The molecule has 0 spiro atoms. The monoisotopic (exact) mass is 131 g/mol. The molecule has 0 aliphatic rings. The predicted octanol–water partition coefficient (Wildman–Crippen LogP) is -0.00368. The topological polar surface area (TPSA) is 30.0 Å². The smallest absolute Gasteiger partial charge is 0.168 e. The van der Waals surface area contributed by atoms with Gasteiger partial charge in [-0.05, 0) is 13.0 Å². The highest BCUT2D eigenvalue weighted by Crippen LogP contribution is 1.92. The van der Waals surface area contributed by atoms with Crippen LogP contribution in [0.1, 0.15) is 16.1 Å². The fourth-order valence-electron chi connectivity index (χ4n) is 0.653. The lowest BCUT2D eigenvalue weighted by molar-refractivity contribution is 0.111. The molecule has 0 unspecified atom stereocenters. The summed E-state index contributed by atoms with van der Waals surface area (Å²) in [5.41, 5.74) is 1.93. The van der Waals surface area contributed by atoms with E-state index in [1.165, 1.54) is 6.20 Å². The van der Waals surface area contributed by atoms with Gasteiger partial charge in [-0.25, -0.2) is 0 Å². The van der Waals surface area contributed by atoms with Crippen LogP contribution in [0.15, 0.2) is 12.3 Å². The Morgan fingerprint density at radius 3 is 2.90 bits per heavy atom. The number of aldehydes is 1. The van der Waals surface area contributed by atoms with Gasteiger partial charge < -0.3 is 0 Å². The average molecular weight is 131 g/mol. The Hall–Kier alpha value is -1.12. The Labute approximate surface area is 60.7 Å². The van der Waals surface area contributed by atoms with Gasteiger partial charge in [0.25, 0.3) is 0 Å². The standard InChI is InChI=1S/C7H6BNO/c1-5-2-6(4-10)9-3-7(5)8/h2-4H,1H3. The normalized spacial score (nSPS) is 9.30. The first-order valence-corrected chi connectivity index (χ1v) is 2.91. The number of carbonyl (C=O) groups excluding carboxylic acids is 1. The van der Waals surface area contributed by atoms with E-state index in [1.54, 1.807) is 6.07 Å². The molecule has 0 bridgehead atoms. The number of hydrogen-bond donors (Lipinski definition) is 0. The van der Waals surface area contributed by atoms with Gasteiger partial charge >= 0.3 is 0 Å². The van der Waals surface area contributed by atoms with Gasteiger partial charge in [-0.3, -0.25) is 9.78 Å². The number of pyridine rings is 1. The fraction of sp³-hybridized carbons (Fsp3) is 0.143. The zero-order valence-corrected chi connectivity index (χ0v) is 5.66. The van der Waals surface area contributed by atoms with Crippen LogP contribution in [0.5, 0.6) is 0 Å². The molecule has 0 atom stereocenters. The summed E-state index contributed by atoms with van der Waals surface area (Å²) < 4.78 is 0. The second kappa shape index (κ2) is 2.65. The van der Waals surface area contributed by atoms with Crippen LogP contribution in [0.2, 0.25) is 0 Å². The molecule has 0 aliphatic carbocycles. The van der Waals surface area contributed by atoms with E-state index in [1.807, 2.05) is 6.92 Å². The molecule has 0 saturated heterocycles. The summed E-state index contributed by atoms with van der Waals surface area (Å²) in [7, 11) is 5.46. The molecular formula is C7H6BNO. The molecule has 2 radical (unpaired) electrons. The minimum atomic E-state index is 0.423. The molecule has 1 rings (SSSR count). The minimum Gasteiger partial charge on any atom is -0.296 e. The number of aryl methyl sites for hydroxylation is 1. The molecule has 1 aromatic rings. The summed E-state index contributed by atoms with van der Waals surface area (Å²) in [5.74, 6) is 0. The maximum atomic E-state index is 10.2. The molecule has 10 heavy (non-hydrogen) atoms. The van der Waals surface area contributed by atoms with Crippen LogP contribution in [-0.4, -0.2) is 19.1 Å². The summed E-state index contributed by atoms with van der Waals surface area (Å²) in [5, 5.41) is 0. The first-order chi connectivity index (χ1) is 4.74. The number of nitrogens with zero attached hydrogens (tertiary/aromatic N) is 1. The van der Waals surface area contributed by atoms with Crippen molar-refractivity contribution in [1.82, 2.24) is 4.98 Å². The third-order valence-corrected chi connectivity index (χ3v) is 1.29. The van der Waals surface area contributed by atoms with Gasteiger partial charge in [-0.2, -0.15) is 0 Å². The molecule has 2 nitrogen and oxygen atoms in total. The SMILES string of the molecule is [B]c1cnc(C=O)cc1C. The number of hydrogen-bond acceptors (Lipinski definition) is 2. The Balaban J connectivity index is 3.16. The van der Waals surface area contributed by atoms with Crippen molar-refractivity contribution in [1.29, 1.82) is 0 Å². The Morgan fingerprint density at radius 2 is 2.40 bits per heavy atom. The molecule has 0 aromatic carbocycles. The van der Waals surface area contributed by atoms with Crippen LogP contribution < -0.4 is 5.46 Å². The molecule has 0 saturated carbocycles. The van der Waals surface area contributed by atoms with E-state index >= 15 is 0 Å². The minimum absolute atomic E-state index is 0.423. The molecule has 0 aliphatic heterocycles. The zero-order valence-electron chi connectivity index (χ0n) is 5.66. The molecule has 1 aromatic heterocycles. The van der Waals surface area contributed by atoms with Crippen LogP contribution in [0.25, 0.3) is 0 Å². The Kier molecular flexibility index (Phi) is 1.85. The van der Waals surface area contributed by atoms with Gasteiger partial charge in [0.05, 0.1) is 0 Å². The average Bonchev–Trinajstić information content (AvgIpc) is 1.95. The van der Waals surface area contributed by atoms with Crippen LogP contribution in [0.3, 0.4) is 0 Å². The van der Waals surface area contributed by atoms with E-state index in [2.05, 4.69) is 4.98 Å². The van der Waals surface area contributed by atoms with Crippen molar-refractivity contribution in [3.8, 4) is 0 Å². The van der Waals surface area contributed by atoms with Crippen molar-refractivity contribution in [2.24, 2.45) is 0 Å². The largest absolute Gasteiger partial charge is 0.296 e. The third-order valence-electron chi connectivity index (χ3n) is 1.29. The highest BCUT2D eigenvalue weighted by atomic mass is 16.1. The summed E-state index contributed by atoms with van der Waals surface area (Å²) >= 11 is 0. The van der Waals surface area contributed by atoms with Gasteiger partial charge in [0.2, 0.25) is 0 Å². The van der Waals surface area contributed by atoms with Crippen LogP contribution >= 0.6 is 0 Å². The highest BCUT2D eigenvalue weighted by Gasteiger charge is 1.93. The first kappa shape index (κ1) is 7.00. The summed E-state index contributed by atoms with van der Waals surface area (Å²) in [6.45, 7) is 1.84. The van der Waals surface area contributed by atoms with E-state index in [0.29, 0.717) is 17.4 Å². The van der Waals surface area contributed by atoms with Gasteiger partial charge in [0, 0.05) is 6.20 Å². The van der Waals surface area contributed by atoms with Gasteiger partial charge in [0.1, 0.15) is 13.5 Å². The highest BCUT2D eigenvalue weighted by molar-refractivity contribution is 6.33. The maximum absolute atomic E-state index is 10.2. The number of aromatic nitrogens is 1. The van der Waals surface area contributed by atoms with E-state index in [-0.39, 0.29) is 0 Å². The van der Waals surface area contributed by atoms with Crippen molar-refractivity contribution in [2.45, 2.75) is 6.92 Å². The number of carbonyl (C=O) groups is 1. The van der Waals surface area contributed by atoms with Gasteiger partial charge in [-0.15, -0.1) is 0 Å². The molecule has 0 amide bonds. The van der Waals surface area contributed by atoms with E-state index in [0.717, 1.165) is 5.56 Å². The number of rotatable bonds is 1. The molecule has 48 valence electrons. The predicted molar refractivity (Wildman–Crippen MR) is 39.7 cm³/mol. The van der Waals surface area contributed by atoms with Crippen molar-refractivity contribution in [3.63, 3.8) is 0 Å². The lowest BCUT2D eigenvalue weighted by Gasteiger charge is -1.97. The second-order valence-electron chi connectivity index (χ2n) is 2.08. The van der Waals surface area contributed by atoms with Crippen LogP contribution in [0.4, 0.5) is 0 Å². The molecular weight excluding hydrogens is 125 g/mol. The zero-order chi connectivity index (χ0) is 7.56. The van der Waals surface area contributed by atoms with Crippen molar-refractivity contribution in [3.05, 3.63) is 23.5 Å². The van der Waals surface area contributed by atoms with E-state index in [9.17, 15) is 4.79 Å². The van der Waals surface area contributed by atoms with Crippen molar-refractivity contribution < 1.29 is 4.79 Å². The fourth-order valence-corrected chi connectivity index (χ4v) is 0.653. The Morgan fingerprint density at radius 1 is 1.70 bits per heavy atom. The maximum Gasteiger partial charge on any atom is 0.168 e. The van der Waals surface area contributed by atoms with E-state index in [4.69, 9.17) is 7.85 Å². The quantitative estimate of drug-likeness (QED) is 0.396. The van der Waals surface area contributed by atoms with Crippen LogP contribution in [0, 0.1) is 6.92 Å². The summed E-state index contributed by atoms with van der Waals surface area (Å²) in [6, 6.07) is 1.66. The van der Waals surface area contributed by atoms with Crippen LogP contribution in [-0.2, 0) is 0 Å². The van der Waals surface area contributed by atoms with Crippen molar-refractivity contribution in [2.75, 3.05) is 0 Å². The lowest BCUT2D eigenvalue weighted by atomic mass is 9.93. The third kappa shape index (κ3) is 1.24. The summed E-state index contributed by atoms with van der Waals surface area (Å²) in [6.07, 6.45) is 2.19. The van der Waals surface area contributed by atoms with Gasteiger partial charge in [-0.1, -0.05) is 11.0 Å². The summed E-state index contributed by atoms with van der Waals surface area (Å²) in [4.78, 5) is 13.9. The molecule has 0 fully saturated rings. The van der Waals surface area contributed by atoms with E-state index < -0.39 is 0 Å². The van der Waals surface area contributed by atoms with Gasteiger partial charge in [0.15, 0.2) is 6.29 Å². The molecule has 3 heteroatoms. The lowest BCUT2D eigenvalue weighted by Crippen LogP contribution is -2.08. The Bertz CT molecular complexity index is 260. The molecule has 0 N–H and O–H groups in total. The second-order valence-corrected chi connectivity index (χ2v) is 2.08. The van der Waals surface area contributed by atoms with Crippen molar-refractivity contribution >= 4 is 19.6 Å². The first-order valence-electron chi connectivity index (χ1n) is 2.91. The molecule has 1 heterocycles.